The van der Waals surface area contributed by atoms with Crippen molar-refractivity contribution in [2.75, 3.05) is 5.32 Å². The summed E-state index contributed by atoms with van der Waals surface area (Å²) in [5.74, 6) is -0.556. The number of hydrogen-bond donors (Lipinski definition) is 2. The number of nitro groups is 1. The van der Waals surface area contributed by atoms with E-state index in [0.29, 0.717) is 6.54 Å². The maximum Gasteiger partial charge on any atom is 0.288 e. The molecule has 0 radical (unpaired) electrons. The molecule has 27 heavy (non-hydrogen) atoms. The predicted octanol–water partition coefficient (Wildman–Crippen LogP) is 3.68. The molecule has 1 heterocycles. The first kappa shape index (κ1) is 18.1. The van der Waals surface area contributed by atoms with Gasteiger partial charge in [-0.15, -0.1) is 0 Å². The Morgan fingerprint density at radius 2 is 1.89 bits per heavy atom. The molecule has 0 saturated heterocycles. The molecule has 3 N–H and O–H groups in total. The summed E-state index contributed by atoms with van der Waals surface area (Å²) in [5, 5.41) is 13.8. The van der Waals surface area contributed by atoms with Crippen LogP contribution in [0.1, 0.15) is 21.5 Å². The number of pyridine rings is 1. The Morgan fingerprint density at radius 1 is 1.15 bits per heavy atom. The Hall–Kier alpha value is -3.74. The molecule has 0 saturated carbocycles. The number of carbonyl (C=O) groups is 1. The highest BCUT2D eigenvalue weighted by Gasteiger charge is 2.16. The Morgan fingerprint density at radius 3 is 2.52 bits per heavy atom. The van der Waals surface area contributed by atoms with Gasteiger partial charge in [-0.25, -0.2) is 4.98 Å². The molecular formula is C20H18N4O3. The van der Waals surface area contributed by atoms with Crippen molar-refractivity contribution in [1.29, 1.82) is 0 Å². The van der Waals surface area contributed by atoms with Gasteiger partial charge < -0.3 is 11.1 Å². The van der Waals surface area contributed by atoms with Gasteiger partial charge in [-0.1, -0.05) is 54.1 Å². The second-order valence-corrected chi connectivity index (χ2v) is 6.13. The molecule has 0 fully saturated rings. The molecule has 0 bridgehead atoms. The van der Waals surface area contributed by atoms with Gasteiger partial charge >= 0.3 is 0 Å². The number of nitrogens with one attached hydrogen (secondary N) is 1. The number of aryl methyl sites for hydroxylation is 1. The fourth-order valence-corrected chi connectivity index (χ4v) is 2.71. The Kier molecular flexibility index (Phi) is 5.12. The van der Waals surface area contributed by atoms with Crippen molar-refractivity contribution in [3.8, 4) is 11.1 Å². The zero-order valence-corrected chi connectivity index (χ0v) is 14.7. The van der Waals surface area contributed by atoms with Crippen LogP contribution in [-0.4, -0.2) is 15.8 Å². The second-order valence-electron chi connectivity index (χ2n) is 6.13. The van der Waals surface area contributed by atoms with E-state index in [9.17, 15) is 14.9 Å². The fourth-order valence-electron chi connectivity index (χ4n) is 2.71. The topological polar surface area (TPSA) is 111 Å². The van der Waals surface area contributed by atoms with Crippen LogP contribution in [0.3, 0.4) is 0 Å². The molecule has 2 aromatic carbocycles. The van der Waals surface area contributed by atoms with E-state index >= 15 is 0 Å². The predicted molar refractivity (Wildman–Crippen MR) is 103 cm³/mol. The van der Waals surface area contributed by atoms with Gasteiger partial charge in [-0.3, -0.25) is 14.9 Å². The highest BCUT2D eigenvalue weighted by molar-refractivity contribution is 5.98. The number of benzene rings is 2. The number of aromatic nitrogens is 1. The van der Waals surface area contributed by atoms with Crippen LogP contribution in [0.4, 0.5) is 11.5 Å². The maximum absolute atomic E-state index is 11.6. The Labute approximate surface area is 156 Å². The van der Waals surface area contributed by atoms with Gasteiger partial charge in [0, 0.05) is 12.6 Å². The molecule has 0 atom stereocenters. The number of hydrogen-bond acceptors (Lipinski definition) is 5. The zero-order valence-electron chi connectivity index (χ0n) is 14.7. The minimum atomic E-state index is -0.775. The van der Waals surface area contributed by atoms with E-state index < -0.39 is 10.8 Å². The highest BCUT2D eigenvalue weighted by atomic mass is 16.6. The molecule has 7 heteroatoms. The third-order valence-corrected chi connectivity index (χ3v) is 4.11. The average molecular weight is 362 g/mol. The van der Waals surface area contributed by atoms with Crippen LogP contribution in [0.25, 0.3) is 11.1 Å². The molecule has 0 aliphatic heterocycles. The van der Waals surface area contributed by atoms with Crippen molar-refractivity contribution >= 4 is 17.4 Å². The SMILES string of the molecule is Cc1cccc(-c2ccc(CNc3ncc([N+](=O)[O-])cc3C(N)=O)cc2)c1. The average Bonchev–Trinajstić information content (AvgIpc) is 2.66. The molecule has 0 aliphatic rings. The van der Waals surface area contributed by atoms with Gasteiger partial charge in [0.2, 0.25) is 0 Å². The van der Waals surface area contributed by atoms with E-state index in [1.807, 2.05) is 30.3 Å². The van der Waals surface area contributed by atoms with Crippen LogP contribution in [0.15, 0.2) is 60.8 Å². The summed E-state index contributed by atoms with van der Waals surface area (Å²) in [4.78, 5) is 25.7. The van der Waals surface area contributed by atoms with E-state index in [0.717, 1.165) is 29.0 Å². The molecule has 7 nitrogen and oxygen atoms in total. The number of nitrogens with two attached hydrogens (primary N) is 1. The van der Waals surface area contributed by atoms with Crippen LogP contribution in [0.2, 0.25) is 0 Å². The Bertz CT molecular complexity index is 1000. The molecule has 0 spiro atoms. The first-order valence-electron chi connectivity index (χ1n) is 8.28. The van der Waals surface area contributed by atoms with E-state index in [1.54, 1.807) is 0 Å². The van der Waals surface area contributed by atoms with Crippen molar-refractivity contribution in [2.45, 2.75) is 13.5 Å². The van der Waals surface area contributed by atoms with Gasteiger partial charge in [-0.05, 0) is 23.6 Å². The third-order valence-electron chi connectivity index (χ3n) is 4.11. The number of rotatable bonds is 6. The largest absolute Gasteiger partial charge is 0.365 e. The molecule has 0 unspecified atom stereocenters. The lowest BCUT2D eigenvalue weighted by molar-refractivity contribution is -0.385. The lowest BCUT2D eigenvalue weighted by atomic mass is 10.0. The summed E-state index contributed by atoms with van der Waals surface area (Å²) in [6.07, 6.45) is 1.09. The van der Waals surface area contributed by atoms with Crippen molar-refractivity contribution in [1.82, 2.24) is 4.98 Å². The van der Waals surface area contributed by atoms with Crippen molar-refractivity contribution in [2.24, 2.45) is 5.73 Å². The van der Waals surface area contributed by atoms with Gasteiger partial charge in [0.15, 0.2) is 0 Å². The summed E-state index contributed by atoms with van der Waals surface area (Å²) >= 11 is 0. The third kappa shape index (κ3) is 4.27. The molecule has 1 amide bonds. The smallest absolute Gasteiger partial charge is 0.288 e. The van der Waals surface area contributed by atoms with E-state index in [-0.39, 0.29) is 17.1 Å². The van der Waals surface area contributed by atoms with Crippen LogP contribution < -0.4 is 11.1 Å². The standard InChI is InChI=1S/C20H18N4O3/c1-13-3-2-4-16(9-13)15-7-5-14(6-8-15)11-22-20-18(19(21)25)10-17(12-23-20)24(26)27/h2-10,12H,11H2,1H3,(H2,21,25)(H,22,23). The monoisotopic (exact) mass is 362 g/mol. The summed E-state index contributed by atoms with van der Waals surface area (Å²) in [7, 11) is 0. The number of carbonyl (C=O) groups excluding carboxylic acids is 1. The van der Waals surface area contributed by atoms with Gasteiger partial charge in [0.05, 0.1) is 10.5 Å². The lowest BCUT2D eigenvalue weighted by Gasteiger charge is -2.10. The first-order valence-corrected chi connectivity index (χ1v) is 8.28. The fraction of sp³-hybridized carbons (Fsp3) is 0.100. The first-order chi connectivity index (χ1) is 12.9. The van der Waals surface area contributed by atoms with Crippen LogP contribution >= 0.6 is 0 Å². The van der Waals surface area contributed by atoms with E-state index in [1.165, 1.54) is 5.56 Å². The highest BCUT2D eigenvalue weighted by Crippen LogP contribution is 2.22. The minimum absolute atomic E-state index is 0.0134. The number of amides is 1. The second kappa shape index (κ2) is 7.65. The molecule has 3 aromatic rings. The van der Waals surface area contributed by atoms with Crippen LogP contribution in [-0.2, 0) is 6.54 Å². The molecule has 1 aromatic heterocycles. The van der Waals surface area contributed by atoms with Crippen LogP contribution in [0, 0.1) is 17.0 Å². The minimum Gasteiger partial charge on any atom is -0.365 e. The Balaban J connectivity index is 1.75. The normalized spacial score (nSPS) is 10.4. The molecule has 136 valence electrons. The summed E-state index contributed by atoms with van der Waals surface area (Å²) in [5.41, 5.74) is 9.43. The quantitative estimate of drug-likeness (QED) is 0.513. The molecular weight excluding hydrogens is 344 g/mol. The van der Waals surface area contributed by atoms with Crippen molar-refractivity contribution in [3.05, 3.63) is 87.6 Å². The van der Waals surface area contributed by atoms with Crippen molar-refractivity contribution < 1.29 is 9.72 Å². The lowest BCUT2D eigenvalue weighted by Crippen LogP contribution is -2.16. The van der Waals surface area contributed by atoms with Crippen molar-refractivity contribution in [3.63, 3.8) is 0 Å². The molecule has 0 aliphatic carbocycles. The number of anilines is 1. The van der Waals surface area contributed by atoms with Gasteiger partial charge in [-0.2, -0.15) is 0 Å². The van der Waals surface area contributed by atoms with Gasteiger partial charge in [0.25, 0.3) is 11.6 Å². The summed E-state index contributed by atoms with van der Waals surface area (Å²) in [6.45, 7) is 2.45. The van der Waals surface area contributed by atoms with Crippen LogP contribution in [0.5, 0.6) is 0 Å². The number of primary amides is 1. The maximum atomic E-state index is 11.6. The number of nitrogens with zero attached hydrogens (tertiary/aromatic N) is 2. The summed E-state index contributed by atoms with van der Waals surface area (Å²) < 4.78 is 0. The van der Waals surface area contributed by atoms with E-state index in [2.05, 4.69) is 35.4 Å². The van der Waals surface area contributed by atoms with E-state index in [4.69, 9.17) is 5.73 Å². The van der Waals surface area contributed by atoms with Gasteiger partial charge in [0.1, 0.15) is 12.0 Å². The molecule has 3 rings (SSSR count). The zero-order chi connectivity index (χ0) is 19.4. The summed E-state index contributed by atoms with van der Waals surface area (Å²) in [6, 6.07) is 17.3.